The zero-order valence-corrected chi connectivity index (χ0v) is 10.3. The molecule has 0 aliphatic carbocycles. The minimum Gasteiger partial charge on any atom is -0.381 e. The summed E-state index contributed by atoms with van der Waals surface area (Å²) in [7, 11) is 0. The van der Waals surface area contributed by atoms with Gasteiger partial charge in [0.05, 0.1) is 11.4 Å². The summed E-state index contributed by atoms with van der Waals surface area (Å²) in [6.45, 7) is 5.53. The van der Waals surface area contributed by atoms with E-state index in [0.29, 0.717) is 6.04 Å². The summed E-state index contributed by atoms with van der Waals surface area (Å²) in [5.41, 5.74) is 4.07. The molecule has 1 atom stereocenters. The third kappa shape index (κ3) is 2.31. The van der Waals surface area contributed by atoms with Crippen LogP contribution in [-0.4, -0.2) is 12.6 Å². The molecule has 2 N–H and O–H groups in total. The van der Waals surface area contributed by atoms with E-state index >= 15 is 0 Å². The van der Waals surface area contributed by atoms with Gasteiger partial charge in [-0.15, -0.1) is 0 Å². The molecule has 0 fully saturated rings. The molecule has 1 heterocycles. The first-order valence-electron chi connectivity index (χ1n) is 6.47. The summed E-state index contributed by atoms with van der Waals surface area (Å²) >= 11 is 0. The van der Waals surface area contributed by atoms with Gasteiger partial charge in [-0.05, 0) is 24.5 Å². The zero-order valence-electron chi connectivity index (χ0n) is 10.3. The molecule has 0 amide bonds. The highest BCUT2D eigenvalue weighted by molar-refractivity contribution is 5.74. The van der Waals surface area contributed by atoms with Crippen LogP contribution in [-0.2, 0) is 6.42 Å². The van der Waals surface area contributed by atoms with E-state index in [9.17, 15) is 0 Å². The molecule has 16 heavy (non-hydrogen) atoms. The average molecular weight is 218 g/mol. The fraction of sp³-hybridized carbons (Fsp3) is 0.571. The number of rotatable bonds is 4. The molecule has 1 aliphatic heterocycles. The molecular formula is C14H22N2. The van der Waals surface area contributed by atoms with Crippen LogP contribution in [0.15, 0.2) is 18.2 Å². The minimum atomic E-state index is 0.593. The lowest BCUT2D eigenvalue weighted by Gasteiger charge is -2.30. The first kappa shape index (κ1) is 11.3. The van der Waals surface area contributed by atoms with Crippen molar-refractivity contribution in [3.8, 4) is 0 Å². The predicted octanol–water partition coefficient (Wildman–Crippen LogP) is 3.65. The molecule has 0 radical (unpaired) electrons. The molecule has 1 aromatic rings. The van der Waals surface area contributed by atoms with Crippen molar-refractivity contribution in [2.24, 2.45) is 0 Å². The van der Waals surface area contributed by atoms with E-state index in [1.807, 2.05) is 0 Å². The highest BCUT2D eigenvalue weighted by atomic mass is 15.1. The van der Waals surface area contributed by atoms with E-state index in [1.165, 1.54) is 36.2 Å². The van der Waals surface area contributed by atoms with Crippen molar-refractivity contribution in [2.45, 2.75) is 45.6 Å². The van der Waals surface area contributed by atoms with Gasteiger partial charge < -0.3 is 10.6 Å². The summed E-state index contributed by atoms with van der Waals surface area (Å²) in [5.74, 6) is 0. The van der Waals surface area contributed by atoms with Crippen molar-refractivity contribution in [2.75, 3.05) is 17.2 Å². The van der Waals surface area contributed by atoms with Gasteiger partial charge in [-0.1, -0.05) is 38.8 Å². The number of benzene rings is 1. The van der Waals surface area contributed by atoms with E-state index in [1.54, 1.807) is 0 Å². The molecule has 0 spiro atoms. The van der Waals surface area contributed by atoms with Crippen molar-refractivity contribution in [1.82, 2.24) is 0 Å². The minimum absolute atomic E-state index is 0.593. The molecule has 1 aliphatic rings. The number of aryl methyl sites for hydroxylation is 1. The van der Waals surface area contributed by atoms with Crippen LogP contribution in [0.1, 0.15) is 38.7 Å². The molecule has 88 valence electrons. The number of nitrogens with one attached hydrogen (secondary N) is 2. The molecule has 1 aromatic carbocycles. The number of anilines is 2. The monoisotopic (exact) mass is 218 g/mol. The summed E-state index contributed by atoms with van der Waals surface area (Å²) in [5, 5.41) is 7.22. The molecule has 2 rings (SSSR count). The Labute approximate surface area is 98.4 Å². The van der Waals surface area contributed by atoms with Crippen LogP contribution >= 0.6 is 0 Å². The fourth-order valence-corrected chi connectivity index (χ4v) is 2.41. The highest BCUT2D eigenvalue weighted by Crippen LogP contribution is 2.31. The first-order valence-corrected chi connectivity index (χ1v) is 6.47. The second-order valence-electron chi connectivity index (χ2n) is 4.60. The van der Waals surface area contributed by atoms with E-state index in [0.717, 1.165) is 13.0 Å². The number of para-hydroxylation sites is 1. The topological polar surface area (TPSA) is 24.1 Å². The van der Waals surface area contributed by atoms with Crippen molar-refractivity contribution in [1.29, 1.82) is 0 Å². The van der Waals surface area contributed by atoms with Gasteiger partial charge in [-0.3, -0.25) is 0 Å². The Bertz CT molecular complexity index is 347. The fourth-order valence-electron chi connectivity index (χ4n) is 2.41. The Morgan fingerprint density at radius 1 is 1.25 bits per heavy atom. The van der Waals surface area contributed by atoms with Crippen molar-refractivity contribution in [3.05, 3.63) is 23.8 Å². The summed E-state index contributed by atoms with van der Waals surface area (Å²) in [6, 6.07) is 7.16. The molecule has 2 nitrogen and oxygen atoms in total. The van der Waals surface area contributed by atoms with E-state index in [2.05, 4.69) is 42.7 Å². The second kappa shape index (κ2) is 5.24. The molecule has 0 aromatic heterocycles. The Hall–Kier alpha value is -1.18. The standard InChI is InChI=1S/C14H22N2/c1-3-6-11-8-5-9-13-14(11)16-12(7-4-2)10-15-13/h5,8-9,12,15-16H,3-4,6-7,10H2,1-2H3. The van der Waals surface area contributed by atoms with Crippen LogP contribution in [0.4, 0.5) is 11.4 Å². The van der Waals surface area contributed by atoms with Crippen molar-refractivity contribution in [3.63, 3.8) is 0 Å². The lowest BCUT2D eigenvalue weighted by molar-refractivity contribution is 0.654. The van der Waals surface area contributed by atoms with E-state index < -0.39 is 0 Å². The van der Waals surface area contributed by atoms with Gasteiger partial charge >= 0.3 is 0 Å². The Morgan fingerprint density at radius 2 is 2.12 bits per heavy atom. The zero-order chi connectivity index (χ0) is 11.4. The first-order chi connectivity index (χ1) is 7.85. The summed E-state index contributed by atoms with van der Waals surface area (Å²) in [4.78, 5) is 0. The van der Waals surface area contributed by atoms with Crippen LogP contribution in [0, 0.1) is 0 Å². The van der Waals surface area contributed by atoms with Gasteiger partial charge in [0.25, 0.3) is 0 Å². The predicted molar refractivity (Wildman–Crippen MR) is 71.2 cm³/mol. The van der Waals surface area contributed by atoms with E-state index in [-0.39, 0.29) is 0 Å². The van der Waals surface area contributed by atoms with Gasteiger partial charge in [0, 0.05) is 12.6 Å². The van der Waals surface area contributed by atoms with Gasteiger partial charge in [0.2, 0.25) is 0 Å². The molecule has 0 saturated carbocycles. The Kier molecular flexibility index (Phi) is 3.70. The lowest BCUT2D eigenvalue weighted by atomic mass is 10.0. The molecular weight excluding hydrogens is 196 g/mol. The number of hydrogen-bond donors (Lipinski definition) is 2. The number of hydrogen-bond acceptors (Lipinski definition) is 2. The smallest absolute Gasteiger partial charge is 0.0611 e. The largest absolute Gasteiger partial charge is 0.381 e. The van der Waals surface area contributed by atoms with Gasteiger partial charge in [-0.2, -0.15) is 0 Å². The molecule has 2 heteroatoms. The van der Waals surface area contributed by atoms with Gasteiger partial charge in [0.1, 0.15) is 0 Å². The maximum atomic E-state index is 3.69. The van der Waals surface area contributed by atoms with Crippen LogP contribution in [0.5, 0.6) is 0 Å². The Morgan fingerprint density at radius 3 is 2.88 bits per heavy atom. The SMILES string of the molecule is CCCc1cccc2c1NC(CCC)CN2. The summed E-state index contributed by atoms with van der Waals surface area (Å²) < 4.78 is 0. The van der Waals surface area contributed by atoms with Gasteiger partial charge in [0.15, 0.2) is 0 Å². The van der Waals surface area contributed by atoms with Gasteiger partial charge in [-0.25, -0.2) is 0 Å². The quantitative estimate of drug-likeness (QED) is 0.806. The van der Waals surface area contributed by atoms with Crippen molar-refractivity contribution < 1.29 is 0 Å². The maximum absolute atomic E-state index is 3.69. The van der Waals surface area contributed by atoms with Crippen LogP contribution in [0.25, 0.3) is 0 Å². The third-order valence-corrected chi connectivity index (χ3v) is 3.19. The van der Waals surface area contributed by atoms with E-state index in [4.69, 9.17) is 0 Å². The second-order valence-corrected chi connectivity index (χ2v) is 4.60. The van der Waals surface area contributed by atoms with Crippen molar-refractivity contribution >= 4 is 11.4 Å². The van der Waals surface area contributed by atoms with Crippen LogP contribution < -0.4 is 10.6 Å². The Balaban J connectivity index is 2.20. The third-order valence-electron chi connectivity index (χ3n) is 3.19. The molecule has 1 unspecified atom stereocenters. The molecule has 0 bridgehead atoms. The normalized spacial score (nSPS) is 18.5. The average Bonchev–Trinajstić information content (AvgIpc) is 2.31. The lowest BCUT2D eigenvalue weighted by Crippen LogP contribution is -2.33. The summed E-state index contributed by atoms with van der Waals surface area (Å²) in [6.07, 6.45) is 4.85. The van der Waals surface area contributed by atoms with Crippen LogP contribution in [0.3, 0.4) is 0 Å². The maximum Gasteiger partial charge on any atom is 0.0611 e. The number of fused-ring (bicyclic) bond motifs is 1. The van der Waals surface area contributed by atoms with Crippen LogP contribution in [0.2, 0.25) is 0 Å². The molecule has 0 saturated heterocycles. The highest BCUT2D eigenvalue weighted by Gasteiger charge is 2.18.